The summed E-state index contributed by atoms with van der Waals surface area (Å²) < 4.78 is 4.82. The normalized spacial score (nSPS) is 9.64. The van der Waals surface area contributed by atoms with Gasteiger partial charge in [0, 0.05) is 20.2 Å². The summed E-state index contributed by atoms with van der Waals surface area (Å²) in [5.41, 5.74) is 5.29. The number of hydrogen-bond donors (Lipinski definition) is 1. The Hall–Kier alpha value is -0.610. The molecule has 0 spiro atoms. The Morgan fingerprint density at radius 2 is 2.27 bits per heavy atom. The van der Waals surface area contributed by atoms with E-state index < -0.39 is 0 Å². The zero-order chi connectivity index (χ0) is 8.53. The molecule has 4 heteroatoms. The molecule has 1 amide bonds. The van der Waals surface area contributed by atoms with E-state index >= 15 is 0 Å². The fourth-order valence-corrected chi connectivity index (χ4v) is 0.720. The Kier molecular flexibility index (Phi) is 7.08. The largest absolute Gasteiger partial charge is 0.383 e. The van der Waals surface area contributed by atoms with Crippen molar-refractivity contribution >= 4 is 6.41 Å². The number of methoxy groups -OCH3 is 1. The maximum absolute atomic E-state index is 10.3. The van der Waals surface area contributed by atoms with Gasteiger partial charge in [0.1, 0.15) is 0 Å². The summed E-state index contributed by atoms with van der Waals surface area (Å²) in [6.45, 7) is 2.59. The van der Waals surface area contributed by atoms with Crippen molar-refractivity contribution in [2.45, 2.75) is 6.42 Å². The molecule has 66 valence electrons. The first-order valence-corrected chi connectivity index (χ1v) is 3.73. The second-order valence-corrected chi connectivity index (χ2v) is 2.28. The molecule has 0 saturated heterocycles. The number of nitrogens with two attached hydrogens (primary N) is 1. The molecule has 0 unspecified atom stereocenters. The van der Waals surface area contributed by atoms with Crippen LogP contribution in [0.1, 0.15) is 6.42 Å². The van der Waals surface area contributed by atoms with Crippen LogP contribution in [0.2, 0.25) is 0 Å². The van der Waals surface area contributed by atoms with Gasteiger partial charge in [-0.3, -0.25) is 4.79 Å². The summed E-state index contributed by atoms with van der Waals surface area (Å²) in [5.74, 6) is 0. The first-order valence-electron chi connectivity index (χ1n) is 3.73. The van der Waals surface area contributed by atoms with E-state index in [-0.39, 0.29) is 0 Å². The summed E-state index contributed by atoms with van der Waals surface area (Å²) in [5, 5.41) is 0. The van der Waals surface area contributed by atoms with Gasteiger partial charge in [-0.05, 0) is 13.0 Å². The second-order valence-electron chi connectivity index (χ2n) is 2.28. The molecule has 0 bridgehead atoms. The minimum absolute atomic E-state index is 0.587. The standard InChI is InChI=1S/C7H16N2O2/c1-11-6-5-9(7-10)4-2-3-8/h7H,2-6,8H2,1H3. The smallest absolute Gasteiger partial charge is 0.209 e. The fraction of sp³-hybridized carbons (Fsp3) is 0.857. The lowest BCUT2D eigenvalue weighted by Crippen LogP contribution is -2.28. The highest BCUT2D eigenvalue weighted by atomic mass is 16.5. The topological polar surface area (TPSA) is 55.6 Å². The molecule has 0 aromatic carbocycles. The molecule has 0 aliphatic carbocycles. The highest BCUT2D eigenvalue weighted by Gasteiger charge is 1.98. The quantitative estimate of drug-likeness (QED) is 0.508. The molecule has 0 rings (SSSR count). The number of carbonyl (C=O) groups is 1. The molecule has 11 heavy (non-hydrogen) atoms. The van der Waals surface area contributed by atoms with Crippen molar-refractivity contribution in [3.8, 4) is 0 Å². The zero-order valence-corrected chi connectivity index (χ0v) is 6.95. The van der Waals surface area contributed by atoms with E-state index in [2.05, 4.69) is 0 Å². The number of hydrogen-bond acceptors (Lipinski definition) is 3. The summed E-state index contributed by atoms with van der Waals surface area (Å²) in [6.07, 6.45) is 1.68. The van der Waals surface area contributed by atoms with Gasteiger partial charge in [-0.25, -0.2) is 0 Å². The fourth-order valence-electron chi connectivity index (χ4n) is 0.720. The van der Waals surface area contributed by atoms with Gasteiger partial charge in [0.2, 0.25) is 6.41 Å². The van der Waals surface area contributed by atoms with E-state index in [0.29, 0.717) is 19.7 Å². The third-order valence-corrected chi connectivity index (χ3v) is 1.38. The lowest BCUT2D eigenvalue weighted by Gasteiger charge is -2.15. The molecule has 0 aromatic heterocycles. The van der Waals surface area contributed by atoms with Crippen LogP contribution in [0.25, 0.3) is 0 Å². The molecule has 0 atom stereocenters. The summed E-state index contributed by atoms with van der Waals surface area (Å²) in [6, 6.07) is 0. The lowest BCUT2D eigenvalue weighted by molar-refractivity contribution is -0.118. The zero-order valence-electron chi connectivity index (χ0n) is 6.95. The minimum atomic E-state index is 0.587. The van der Waals surface area contributed by atoms with Crippen LogP contribution in [-0.4, -0.2) is 44.7 Å². The van der Waals surface area contributed by atoms with Gasteiger partial charge in [-0.15, -0.1) is 0 Å². The average molecular weight is 160 g/mol. The average Bonchev–Trinajstić information content (AvgIpc) is 2.05. The number of ether oxygens (including phenoxy) is 1. The second kappa shape index (κ2) is 7.50. The predicted octanol–water partition coefficient (Wildman–Crippen LogP) is -0.560. The SMILES string of the molecule is COCCN(C=O)CCCN. The maximum Gasteiger partial charge on any atom is 0.209 e. The Morgan fingerprint density at radius 3 is 2.73 bits per heavy atom. The molecule has 0 saturated carbocycles. The van der Waals surface area contributed by atoms with Crippen LogP contribution in [0.4, 0.5) is 0 Å². The van der Waals surface area contributed by atoms with Crippen molar-refractivity contribution in [2.24, 2.45) is 5.73 Å². The van der Waals surface area contributed by atoms with Gasteiger partial charge in [-0.2, -0.15) is 0 Å². The minimum Gasteiger partial charge on any atom is -0.383 e. The molecule has 4 nitrogen and oxygen atoms in total. The van der Waals surface area contributed by atoms with Crippen molar-refractivity contribution in [3.63, 3.8) is 0 Å². The Morgan fingerprint density at radius 1 is 1.55 bits per heavy atom. The van der Waals surface area contributed by atoms with E-state index in [1.54, 1.807) is 12.0 Å². The van der Waals surface area contributed by atoms with E-state index in [9.17, 15) is 4.79 Å². The van der Waals surface area contributed by atoms with Gasteiger partial charge in [0.25, 0.3) is 0 Å². The molecule has 2 N–H and O–H groups in total. The van der Waals surface area contributed by atoms with E-state index in [0.717, 1.165) is 19.4 Å². The number of amides is 1. The van der Waals surface area contributed by atoms with Gasteiger partial charge >= 0.3 is 0 Å². The first kappa shape index (κ1) is 10.4. The third kappa shape index (κ3) is 5.82. The van der Waals surface area contributed by atoms with Gasteiger partial charge in [-0.1, -0.05) is 0 Å². The Bertz CT molecular complexity index is 90.4. The molecule has 0 heterocycles. The summed E-state index contributed by atoms with van der Waals surface area (Å²) >= 11 is 0. The number of nitrogens with zero attached hydrogens (tertiary/aromatic N) is 1. The van der Waals surface area contributed by atoms with Crippen LogP contribution < -0.4 is 5.73 Å². The van der Waals surface area contributed by atoms with Crippen LogP contribution in [-0.2, 0) is 9.53 Å². The Labute approximate surface area is 67.3 Å². The van der Waals surface area contributed by atoms with Gasteiger partial charge in [0.05, 0.1) is 6.61 Å². The first-order chi connectivity index (χ1) is 5.35. The summed E-state index contributed by atoms with van der Waals surface area (Å²) in [7, 11) is 1.62. The highest BCUT2D eigenvalue weighted by molar-refractivity contribution is 5.46. The van der Waals surface area contributed by atoms with Crippen LogP contribution >= 0.6 is 0 Å². The molecular weight excluding hydrogens is 144 g/mol. The lowest BCUT2D eigenvalue weighted by atomic mass is 10.4. The van der Waals surface area contributed by atoms with Crippen molar-refractivity contribution in [1.29, 1.82) is 0 Å². The van der Waals surface area contributed by atoms with E-state index in [4.69, 9.17) is 10.5 Å². The monoisotopic (exact) mass is 160 g/mol. The van der Waals surface area contributed by atoms with Crippen molar-refractivity contribution < 1.29 is 9.53 Å². The predicted molar refractivity (Wildman–Crippen MR) is 43.2 cm³/mol. The van der Waals surface area contributed by atoms with Crippen molar-refractivity contribution in [3.05, 3.63) is 0 Å². The van der Waals surface area contributed by atoms with E-state index in [1.165, 1.54) is 0 Å². The van der Waals surface area contributed by atoms with Crippen LogP contribution in [0.3, 0.4) is 0 Å². The van der Waals surface area contributed by atoms with Crippen LogP contribution in [0.15, 0.2) is 0 Å². The van der Waals surface area contributed by atoms with Crippen molar-refractivity contribution in [2.75, 3.05) is 33.4 Å². The molecule has 0 fully saturated rings. The molecule has 0 aliphatic rings. The maximum atomic E-state index is 10.3. The third-order valence-electron chi connectivity index (χ3n) is 1.38. The summed E-state index contributed by atoms with van der Waals surface area (Å²) in [4.78, 5) is 12.0. The molecular formula is C7H16N2O2. The number of rotatable bonds is 7. The Balaban J connectivity index is 3.33. The highest BCUT2D eigenvalue weighted by Crippen LogP contribution is 1.85. The molecule has 0 aliphatic heterocycles. The number of carbonyl (C=O) groups excluding carboxylic acids is 1. The van der Waals surface area contributed by atoms with Gasteiger partial charge in [0.15, 0.2) is 0 Å². The van der Waals surface area contributed by atoms with Crippen molar-refractivity contribution in [1.82, 2.24) is 4.90 Å². The van der Waals surface area contributed by atoms with Crippen LogP contribution in [0, 0.1) is 0 Å². The molecule has 0 aromatic rings. The molecule has 0 radical (unpaired) electrons. The van der Waals surface area contributed by atoms with Gasteiger partial charge < -0.3 is 15.4 Å². The van der Waals surface area contributed by atoms with Crippen LogP contribution in [0.5, 0.6) is 0 Å². The van der Waals surface area contributed by atoms with E-state index in [1.807, 2.05) is 0 Å².